The molecule has 0 spiro atoms. The number of carbonyl (C=O) groups is 2. The molecule has 0 N–H and O–H groups in total. The van der Waals surface area contributed by atoms with E-state index in [9.17, 15) is 22.8 Å². The van der Waals surface area contributed by atoms with Crippen LogP contribution < -0.4 is 0 Å². The molecule has 1 atom stereocenters. The van der Waals surface area contributed by atoms with Crippen molar-refractivity contribution in [3.05, 3.63) is 35.4 Å². The largest absolute Gasteiger partial charge is 0.416 e. The van der Waals surface area contributed by atoms with E-state index >= 15 is 0 Å². The number of benzene rings is 1. The molecular weight excluding hydrogens is 349 g/mol. The highest BCUT2D eigenvalue weighted by molar-refractivity contribution is 5.85. The number of alkyl halides is 3. The second-order valence-corrected chi connectivity index (χ2v) is 6.65. The molecule has 0 saturated carbocycles. The monoisotopic (exact) mass is 370 g/mol. The number of hydrogen-bond acceptors (Lipinski definition) is 3. The van der Waals surface area contributed by atoms with E-state index in [0.29, 0.717) is 44.6 Å². The van der Waals surface area contributed by atoms with Gasteiger partial charge in [0.05, 0.1) is 24.8 Å². The number of carbonyl (C=O) groups excluding carboxylic acids is 2. The van der Waals surface area contributed by atoms with Crippen LogP contribution in [0.5, 0.6) is 0 Å². The Morgan fingerprint density at radius 2 is 2.08 bits per heavy atom. The molecule has 0 bridgehead atoms. The number of likely N-dealkylation sites (tertiary alicyclic amines) is 1. The number of ether oxygens (including phenoxy) is 1. The average Bonchev–Trinajstić information content (AvgIpc) is 2.99. The lowest BCUT2D eigenvalue weighted by Gasteiger charge is -2.34. The number of rotatable bonds is 4. The van der Waals surface area contributed by atoms with Crippen molar-refractivity contribution in [2.45, 2.75) is 31.5 Å². The maximum Gasteiger partial charge on any atom is 0.416 e. The van der Waals surface area contributed by atoms with Gasteiger partial charge in [-0.3, -0.25) is 9.59 Å². The van der Waals surface area contributed by atoms with E-state index in [4.69, 9.17) is 4.74 Å². The van der Waals surface area contributed by atoms with Crippen LogP contribution in [0.3, 0.4) is 0 Å². The van der Waals surface area contributed by atoms with E-state index < -0.39 is 11.7 Å². The number of amides is 2. The van der Waals surface area contributed by atoms with Crippen molar-refractivity contribution in [3.63, 3.8) is 0 Å². The number of halogens is 3. The maximum absolute atomic E-state index is 12.8. The van der Waals surface area contributed by atoms with E-state index in [2.05, 4.69) is 0 Å². The third kappa shape index (κ3) is 4.55. The Balaban J connectivity index is 1.58. The number of morpholine rings is 1. The van der Waals surface area contributed by atoms with Crippen molar-refractivity contribution in [3.8, 4) is 0 Å². The zero-order valence-electron chi connectivity index (χ0n) is 14.3. The van der Waals surface area contributed by atoms with Crippen LogP contribution in [-0.2, 0) is 26.9 Å². The normalized spacial score (nSPS) is 21.3. The van der Waals surface area contributed by atoms with Gasteiger partial charge < -0.3 is 14.5 Å². The summed E-state index contributed by atoms with van der Waals surface area (Å²) in [7, 11) is 0. The van der Waals surface area contributed by atoms with Gasteiger partial charge in [0.2, 0.25) is 11.8 Å². The zero-order valence-corrected chi connectivity index (χ0v) is 14.3. The highest BCUT2D eigenvalue weighted by Crippen LogP contribution is 2.30. The summed E-state index contributed by atoms with van der Waals surface area (Å²) in [5.74, 6) is -0.148. The lowest BCUT2D eigenvalue weighted by atomic mass is 10.0. The van der Waals surface area contributed by atoms with Gasteiger partial charge in [0.1, 0.15) is 0 Å². The minimum Gasteiger partial charge on any atom is -0.374 e. The Morgan fingerprint density at radius 3 is 2.77 bits per heavy atom. The molecule has 3 rings (SSSR count). The van der Waals surface area contributed by atoms with Gasteiger partial charge >= 0.3 is 6.18 Å². The van der Waals surface area contributed by atoms with Crippen LogP contribution in [0, 0.1) is 0 Å². The van der Waals surface area contributed by atoms with Gasteiger partial charge in [0.25, 0.3) is 0 Å². The minimum absolute atomic E-state index is 0.00729. The summed E-state index contributed by atoms with van der Waals surface area (Å²) in [5, 5.41) is 0. The summed E-state index contributed by atoms with van der Waals surface area (Å²) < 4.78 is 44.1. The van der Waals surface area contributed by atoms with Gasteiger partial charge in [-0.25, -0.2) is 0 Å². The summed E-state index contributed by atoms with van der Waals surface area (Å²) in [6.45, 7) is 1.75. The molecule has 8 heteroatoms. The van der Waals surface area contributed by atoms with Gasteiger partial charge in [-0.05, 0) is 18.1 Å². The SMILES string of the molecule is O=C1CCCN1CC(=O)N1CCO[C@H](Cc2cccc(C(F)(F)F)c2)C1. The molecule has 142 valence electrons. The molecule has 1 aromatic rings. The third-order valence-electron chi connectivity index (χ3n) is 4.71. The molecule has 0 aliphatic carbocycles. The molecule has 26 heavy (non-hydrogen) atoms. The van der Waals surface area contributed by atoms with Crippen molar-refractivity contribution < 1.29 is 27.5 Å². The van der Waals surface area contributed by atoms with Crippen molar-refractivity contribution in [1.29, 1.82) is 0 Å². The Morgan fingerprint density at radius 1 is 1.27 bits per heavy atom. The molecule has 1 aromatic carbocycles. The first-order valence-corrected chi connectivity index (χ1v) is 8.66. The highest BCUT2D eigenvalue weighted by atomic mass is 19.4. The van der Waals surface area contributed by atoms with E-state index in [0.717, 1.165) is 18.6 Å². The summed E-state index contributed by atoms with van der Waals surface area (Å²) in [6, 6.07) is 5.16. The van der Waals surface area contributed by atoms with Gasteiger partial charge in [-0.1, -0.05) is 18.2 Å². The predicted octanol–water partition coefficient (Wildman–Crippen LogP) is 2.10. The maximum atomic E-state index is 12.8. The van der Waals surface area contributed by atoms with Crippen LogP contribution in [0.1, 0.15) is 24.0 Å². The molecule has 2 aliphatic heterocycles. The van der Waals surface area contributed by atoms with E-state index in [1.165, 1.54) is 6.07 Å². The van der Waals surface area contributed by atoms with Crippen molar-refractivity contribution >= 4 is 11.8 Å². The van der Waals surface area contributed by atoms with Crippen LogP contribution in [0.25, 0.3) is 0 Å². The molecule has 0 aromatic heterocycles. The Hall–Kier alpha value is -2.09. The van der Waals surface area contributed by atoms with Crippen LogP contribution >= 0.6 is 0 Å². The first-order chi connectivity index (χ1) is 12.3. The molecule has 2 amide bonds. The van der Waals surface area contributed by atoms with E-state index in [1.807, 2.05) is 0 Å². The first-order valence-electron chi connectivity index (χ1n) is 8.66. The van der Waals surface area contributed by atoms with Gasteiger partial charge in [0.15, 0.2) is 0 Å². The minimum atomic E-state index is -4.38. The smallest absolute Gasteiger partial charge is 0.374 e. The quantitative estimate of drug-likeness (QED) is 0.816. The van der Waals surface area contributed by atoms with Crippen molar-refractivity contribution in [2.24, 2.45) is 0 Å². The molecule has 2 saturated heterocycles. The summed E-state index contributed by atoms with van der Waals surface area (Å²) in [6.07, 6.45) is -3.18. The van der Waals surface area contributed by atoms with Crippen LogP contribution in [0.4, 0.5) is 13.2 Å². The molecule has 0 unspecified atom stereocenters. The molecular formula is C18H21F3N2O3. The lowest BCUT2D eigenvalue weighted by Crippen LogP contribution is -2.49. The fraction of sp³-hybridized carbons (Fsp3) is 0.556. The zero-order chi connectivity index (χ0) is 18.7. The van der Waals surface area contributed by atoms with Crippen LogP contribution in [0.2, 0.25) is 0 Å². The topological polar surface area (TPSA) is 49.9 Å². The van der Waals surface area contributed by atoms with Crippen molar-refractivity contribution in [1.82, 2.24) is 9.80 Å². The Labute approximate surface area is 149 Å². The second-order valence-electron chi connectivity index (χ2n) is 6.65. The van der Waals surface area contributed by atoms with Crippen molar-refractivity contribution in [2.75, 3.05) is 32.8 Å². The summed E-state index contributed by atoms with van der Waals surface area (Å²) >= 11 is 0. The van der Waals surface area contributed by atoms with Gasteiger partial charge in [-0.2, -0.15) is 13.2 Å². The van der Waals surface area contributed by atoms with Gasteiger partial charge in [-0.15, -0.1) is 0 Å². The standard InChI is InChI=1S/C18H21F3N2O3/c19-18(20,21)14-4-1-3-13(9-14)10-15-11-23(7-8-26-15)17(25)12-22-6-2-5-16(22)24/h1,3-4,9,15H,2,5-8,10-12H2/t15-/m1/s1. The number of nitrogens with zero attached hydrogens (tertiary/aromatic N) is 2. The molecule has 5 nitrogen and oxygen atoms in total. The van der Waals surface area contributed by atoms with Crippen LogP contribution in [-0.4, -0.2) is 60.5 Å². The fourth-order valence-corrected chi connectivity index (χ4v) is 3.34. The van der Waals surface area contributed by atoms with Gasteiger partial charge in [0, 0.05) is 32.5 Å². The average molecular weight is 370 g/mol. The molecule has 2 heterocycles. The fourth-order valence-electron chi connectivity index (χ4n) is 3.34. The van der Waals surface area contributed by atoms with E-state index in [1.54, 1.807) is 15.9 Å². The molecule has 2 aliphatic rings. The lowest BCUT2D eigenvalue weighted by molar-refractivity contribution is -0.143. The number of hydrogen-bond donors (Lipinski definition) is 0. The summed E-state index contributed by atoms with van der Waals surface area (Å²) in [5.41, 5.74) is -0.167. The molecule has 0 radical (unpaired) electrons. The second kappa shape index (κ2) is 7.65. The first kappa shape index (κ1) is 18.7. The molecule has 2 fully saturated rings. The van der Waals surface area contributed by atoms with E-state index in [-0.39, 0.29) is 24.5 Å². The van der Waals surface area contributed by atoms with Crippen LogP contribution in [0.15, 0.2) is 24.3 Å². The summed E-state index contributed by atoms with van der Waals surface area (Å²) in [4.78, 5) is 27.2. The Kier molecular flexibility index (Phi) is 5.50. The predicted molar refractivity (Wildman–Crippen MR) is 87.3 cm³/mol. The third-order valence-corrected chi connectivity index (χ3v) is 4.71. The highest BCUT2D eigenvalue weighted by Gasteiger charge is 2.31. The Bertz CT molecular complexity index is 678.